The number of benzene rings is 2. The van der Waals surface area contributed by atoms with E-state index in [-0.39, 0.29) is 30.1 Å². The first-order valence-corrected chi connectivity index (χ1v) is 12.2. The zero-order chi connectivity index (χ0) is 21.3. The van der Waals surface area contributed by atoms with Gasteiger partial charge in [-0.1, -0.05) is 54.1 Å². The maximum atomic E-state index is 12.4. The van der Waals surface area contributed by atoms with Crippen LogP contribution >= 0.6 is 24.0 Å². The third-order valence-electron chi connectivity index (χ3n) is 5.22. The summed E-state index contributed by atoms with van der Waals surface area (Å²) in [7, 11) is -0.916. The van der Waals surface area contributed by atoms with Gasteiger partial charge in [0.2, 0.25) is 0 Å². The Bertz CT molecular complexity index is 876. The molecule has 1 aliphatic heterocycles. The SMILES string of the molecule is CCNC(=NCCS(=O)Cc1ccccc1)N1CCOC(c2ccc(C)cc2C)C1.I. The molecule has 0 saturated carbocycles. The normalized spacial score (nSPS) is 17.7. The summed E-state index contributed by atoms with van der Waals surface area (Å²) >= 11 is 0. The van der Waals surface area contributed by atoms with E-state index in [1.807, 2.05) is 30.3 Å². The van der Waals surface area contributed by atoms with Crippen molar-refractivity contribution in [2.75, 3.05) is 38.5 Å². The van der Waals surface area contributed by atoms with Crippen LogP contribution in [-0.4, -0.2) is 53.6 Å². The van der Waals surface area contributed by atoms with E-state index in [9.17, 15) is 4.21 Å². The first kappa shape index (κ1) is 25.8. The molecule has 7 heteroatoms. The number of halogens is 1. The van der Waals surface area contributed by atoms with Crippen LogP contribution in [0.2, 0.25) is 0 Å². The first-order valence-electron chi connectivity index (χ1n) is 10.7. The van der Waals surface area contributed by atoms with Crippen molar-refractivity contribution < 1.29 is 8.95 Å². The van der Waals surface area contributed by atoms with Gasteiger partial charge in [0, 0.05) is 35.4 Å². The highest BCUT2D eigenvalue weighted by Crippen LogP contribution is 2.25. The molecule has 2 aromatic carbocycles. The van der Waals surface area contributed by atoms with Crippen molar-refractivity contribution in [2.24, 2.45) is 4.99 Å². The Hall–Kier alpha value is -1.45. The molecule has 170 valence electrons. The fourth-order valence-electron chi connectivity index (χ4n) is 3.73. The number of nitrogens with zero attached hydrogens (tertiary/aromatic N) is 2. The van der Waals surface area contributed by atoms with E-state index in [0.717, 1.165) is 31.2 Å². The molecule has 0 aromatic heterocycles. The third-order valence-corrected chi connectivity index (χ3v) is 6.52. The molecule has 3 rings (SSSR count). The molecule has 0 bridgehead atoms. The van der Waals surface area contributed by atoms with Crippen LogP contribution in [0.15, 0.2) is 53.5 Å². The number of hydrogen-bond acceptors (Lipinski definition) is 3. The van der Waals surface area contributed by atoms with Crippen molar-refractivity contribution in [3.8, 4) is 0 Å². The van der Waals surface area contributed by atoms with Crippen LogP contribution in [0.4, 0.5) is 0 Å². The second kappa shape index (κ2) is 13.2. The van der Waals surface area contributed by atoms with Crippen LogP contribution in [0.1, 0.15) is 35.3 Å². The lowest BCUT2D eigenvalue weighted by atomic mass is 10.00. The van der Waals surface area contributed by atoms with Crippen molar-refractivity contribution in [3.63, 3.8) is 0 Å². The summed E-state index contributed by atoms with van der Waals surface area (Å²) < 4.78 is 18.5. The van der Waals surface area contributed by atoms with Crippen molar-refractivity contribution in [1.29, 1.82) is 0 Å². The zero-order valence-electron chi connectivity index (χ0n) is 18.7. The second-order valence-electron chi connectivity index (χ2n) is 7.68. The molecule has 1 aliphatic rings. The Morgan fingerprint density at radius 3 is 2.71 bits per heavy atom. The van der Waals surface area contributed by atoms with E-state index in [4.69, 9.17) is 9.73 Å². The third kappa shape index (κ3) is 7.88. The predicted molar refractivity (Wildman–Crippen MR) is 141 cm³/mol. The Kier molecular flexibility index (Phi) is 11.0. The number of hydrogen-bond donors (Lipinski definition) is 1. The van der Waals surface area contributed by atoms with Gasteiger partial charge in [-0.2, -0.15) is 0 Å². The van der Waals surface area contributed by atoms with E-state index in [1.54, 1.807) is 0 Å². The molecule has 0 spiro atoms. The van der Waals surface area contributed by atoms with E-state index in [0.29, 0.717) is 24.7 Å². The molecule has 1 heterocycles. The lowest BCUT2D eigenvalue weighted by Gasteiger charge is -2.36. The highest BCUT2D eigenvalue weighted by molar-refractivity contribution is 14.0. The van der Waals surface area contributed by atoms with Crippen molar-refractivity contribution in [1.82, 2.24) is 10.2 Å². The summed E-state index contributed by atoms with van der Waals surface area (Å²) in [6.07, 6.45) is 0.0374. The second-order valence-corrected chi connectivity index (χ2v) is 9.25. The summed E-state index contributed by atoms with van der Waals surface area (Å²) in [4.78, 5) is 7.03. The maximum absolute atomic E-state index is 12.4. The highest BCUT2D eigenvalue weighted by atomic mass is 127. The van der Waals surface area contributed by atoms with E-state index in [2.05, 4.69) is 49.2 Å². The molecule has 2 aromatic rings. The molecule has 5 nitrogen and oxygen atoms in total. The Labute approximate surface area is 206 Å². The van der Waals surface area contributed by atoms with E-state index < -0.39 is 10.8 Å². The van der Waals surface area contributed by atoms with E-state index in [1.165, 1.54) is 16.7 Å². The van der Waals surface area contributed by atoms with Gasteiger partial charge in [-0.25, -0.2) is 0 Å². The largest absolute Gasteiger partial charge is 0.370 e. The molecule has 1 saturated heterocycles. The predicted octanol–water partition coefficient (Wildman–Crippen LogP) is 4.21. The average Bonchev–Trinajstić information content (AvgIpc) is 2.74. The number of ether oxygens (including phenoxy) is 1. The topological polar surface area (TPSA) is 53.9 Å². The minimum Gasteiger partial charge on any atom is -0.370 e. The number of morpholine rings is 1. The molecule has 0 amide bonds. The molecule has 2 unspecified atom stereocenters. The molecule has 0 aliphatic carbocycles. The smallest absolute Gasteiger partial charge is 0.194 e. The minimum absolute atomic E-state index is 0. The maximum Gasteiger partial charge on any atom is 0.194 e. The fraction of sp³-hybridized carbons (Fsp3) is 0.458. The van der Waals surface area contributed by atoms with Gasteiger partial charge in [-0.3, -0.25) is 9.20 Å². The van der Waals surface area contributed by atoms with Gasteiger partial charge in [0.05, 0.1) is 19.7 Å². The molecule has 31 heavy (non-hydrogen) atoms. The van der Waals surface area contributed by atoms with Crippen molar-refractivity contribution in [2.45, 2.75) is 32.6 Å². The van der Waals surface area contributed by atoms with Gasteiger partial charge in [-0.05, 0) is 37.5 Å². The molecule has 1 N–H and O–H groups in total. The Balaban J connectivity index is 0.00000341. The number of nitrogens with one attached hydrogen (secondary N) is 1. The van der Waals surface area contributed by atoms with Gasteiger partial charge >= 0.3 is 0 Å². The minimum atomic E-state index is -0.916. The lowest BCUT2D eigenvalue weighted by Crippen LogP contribution is -2.48. The number of aliphatic imine (C=N–C) groups is 1. The summed E-state index contributed by atoms with van der Waals surface area (Å²) in [5, 5.41) is 3.39. The van der Waals surface area contributed by atoms with Gasteiger partial charge in [-0.15, -0.1) is 24.0 Å². The van der Waals surface area contributed by atoms with Gasteiger partial charge in [0.25, 0.3) is 0 Å². The fourth-order valence-corrected chi connectivity index (χ4v) is 4.73. The van der Waals surface area contributed by atoms with Crippen LogP contribution in [0.25, 0.3) is 0 Å². The Morgan fingerprint density at radius 2 is 2.00 bits per heavy atom. The monoisotopic (exact) mass is 555 g/mol. The summed E-state index contributed by atoms with van der Waals surface area (Å²) in [6.45, 7) is 9.93. The summed E-state index contributed by atoms with van der Waals surface area (Å²) in [6, 6.07) is 16.5. The number of aryl methyl sites for hydroxylation is 2. The van der Waals surface area contributed by atoms with Gasteiger partial charge < -0.3 is 15.0 Å². The summed E-state index contributed by atoms with van der Waals surface area (Å²) in [5.74, 6) is 2.03. The number of rotatable bonds is 7. The van der Waals surface area contributed by atoms with Crippen molar-refractivity contribution >= 4 is 40.7 Å². The molecular weight excluding hydrogens is 521 g/mol. The zero-order valence-corrected chi connectivity index (χ0v) is 21.8. The molecule has 1 fully saturated rings. The molecule has 2 atom stereocenters. The first-order chi connectivity index (χ1) is 14.6. The molecular formula is C24H34IN3O2S. The average molecular weight is 556 g/mol. The van der Waals surface area contributed by atoms with Gasteiger partial charge in [0.1, 0.15) is 6.10 Å². The molecule has 0 radical (unpaired) electrons. The van der Waals surface area contributed by atoms with Gasteiger partial charge in [0.15, 0.2) is 5.96 Å². The van der Waals surface area contributed by atoms with Crippen LogP contribution in [0.5, 0.6) is 0 Å². The lowest BCUT2D eigenvalue weighted by molar-refractivity contribution is -0.00832. The van der Waals surface area contributed by atoms with E-state index >= 15 is 0 Å². The van der Waals surface area contributed by atoms with Crippen LogP contribution < -0.4 is 5.32 Å². The van der Waals surface area contributed by atoms with Crippen molar-refractivity contribution in [3.05, 3.63) is 70.8 Å². The van der Waals surface area contributed by atoms with Crippen LogP contribution in [0.3, 0.4) is 0 Å². The van der Waals surface area contributed by atoms with Crippen LogP contribution in [-0.2, 0) is 21.3 Å². The van der Waals surface area contributed by atoms with Crippen LogP contribution in [0, 0.1) is 13.8 Å². The summed E-state index contributed by atoms with van der Waals surface area (Å²) in [5.41, 5.74) is 4.88. The highest BCUT2D eigenvalue weighted by Gasteiger charge is 2.25. The Morgan fingerprint density at radius 1 is 1.23 bits per heavy atom. The number of guanidine groups is 1. The standard InChI is InChI=1S/C24H33N3O2S.HI/c1-4-25-24(26-12-15-30(28)18-21-8-6-5-7-9-21)27-13-14-29-23(17-27)22-11-10-19(2)16-20(22)3;/h5-11,16,23H,4,12-15,17-18H2,1-3H3,(H,25,26);1H. The quantitative estimate of drug-likeness (QED) is 0.316.